The van der Waals surface area contributed by atoms with Crippen molar-refractivity contribution in [3.63, 3.8) is 0 Å². The summed E-state index contributed by atoms with van der Waals surface area (Å²) in [6.45, 7) is 1.71. The lowest BCUT2D eigenvalue weighted by atomic mass is 10.3. The molecule has 0 saturated carbocycles. The lowest BCUT2D eigenvalue weighted by Gasteiger charge is -2.08. The number of nitriles is 1. The monoisotopic (exact) mass is 298 g/mol. The second-order valence-electron chi connectivity index (χ2n) is 2.90. The normalized spacial score (nSPS) is 13.4. The van der Waals surface area contributed by atoms with Gasteiger partial charge in [-0.3, -0.25) is 0 Å². The summed E-state index contributed by atoms with van der Waals surface area (Å²) < 4.78 is 26.2. The van der Waals surface area contributed by atoms with Gasteiger partial charge in [0.1, 0.15) is 15.3 Å². The minimum absolute atomic E-state index is 0.0853. The molecule has 0 aromatic carbocycles. The van der Waals surface area contributed by atoms with Gasteiger partial charge in [-0.1, -0.05) is 30.1 Å². The van der Waals surface area contributed by atoms with Gasteiger partial charge in [0.25, 0.3) is 0 Å². The molecule has 0 saturated heterocycles. The summed E-state index contributed by atoms with van der Waals surface area (Å²) in [5, 5.41) is 8.68. The van der Waals surface area contributed by atoms with E-state index >= 15 is 0 Å². The van der Waals surface area contributed by atoms with Crippen LogP contribution in [-0.4, -0.2) is 14.5 Å². The van der Waals surface area contributed by atoms with Crippen molar-refractivity contribution < 1.29 is 8.42 Å². The molecule has 8 heteroatoms. The molecule has 16 heavy (non-hydrogen) atoms. The van der Waals surface area contributed by atoms with Crippen molar-refractivity contribution in [3.8, 4) is 6.07 Å². The van der Waals surface area contributed by atoms with Gasteiger partial charge in [-0.2, -0.15) is 9.98 Å². The van der Waals surface area contributed by atoms with Crippen LogP contribution in [0, 0.1) is 11.3 Å². The SMILES string of the molecule is CCC(C#N)NS(=O)(=O)c1cc(Cl)sc1Cl. The first kappa shape index (κ1) is 13.7. The van der Waals surface area contributed by atoms with Crippen LogP contribution in [-0.2, 0) is 10.0 Å². The molecule has 0 bridgehead atoms. The molecule has 0 amide bonds. The van der Waals surface area contributed by atoms with E-state index in [1.54, 1.807) is 6.92 Å². The molecule has 0 aliphatic heterocycles. The summed E-state index contributed by atoms with van der Waals surface area (Å²) in [4.78, 5) is -0.0853. The molecule has 4 nitrogen and oxygen atoms in total. The van der Waals surface area contributed by atoms with Gasteiger partial charge in [-0.05, 0) is 12.5 Å². The summed E-state index contributed by atoms with van der Waals surface area (Å²) in [7, 11) is -3.77. The molecule has 0 spiro atoms. The second kappa shape index (κ2) is 5.34. The maximum atomic E-state index is 11.8. The van der Waals surface area contributed by atoms with Crippen molar-refractivity contribution in [1.29, 1.82) is 5.26 Å². The predicted octanol–water partition coefficient (Wildman–Crippen LogP) is 2.64. The van der Waals surface area contributed by atoms with Crippen molar-refractivity contribution in [2.45, 2.75) is 24.3 Å². The summed E-state index contributed by atoms with van der Waals surface area (Å²) in [6.07, 6.45) is 0.380. The quantitative estimate of drug-likeness (QED) is 0.929. The Hall–Kier alpha value is -0.320. The molecule has 1 aromatic heterocycles. The fourth-order valence-electron chi connectivity index (χ4n) is 0.960. The van der Waals surface area contributed by atoms with E-state index < -0.39 is 16.1 Å². The minimum Gasteiger partial charge on any atom is -0.207 e. The number of halogens is 2. The number of hydrogen-bond donors (Lipinski definition) is 1. The average molecular weight is 299 g/mol. The van der Waals surface area contributed by atoms with Crippen LogP contribution >= 0.6 is 34.5 Å². The number of nitrogens with zero attached hydrogens (tertiary/aromatic N) is 1. The summed E-state index contributed by atoms with van der Waals surface area (Å²) >= 11 is 12.4. The number of rotatable bonds is 4. The highest BCUT2D eigenvalue weighted by molar-refractivity contribution is 7.89. The molecule has 0 radical (unpaired) electrons. The lowest BCUT2D eigenvalue weighted by molar-refractivity contribution is 0.570. The van der Waals surface area contributed by atoms with Crippen LogP contribution in [0.3, 0.4) is 0 Å². The van der Waals surface area contributed by atoms with Crippen LogP contribution in [0.1, 0.15) is 13.3 Å². The fourth-order valence-corrected chi connectivity index (χ4v) is 4.33. The topological polar surface area (TPSA) is 70.0 Å². The van der Waals surface area contributed by atoms with E-state index in [2.05, 4.69) is 4.72 Å². The Balaban J connectivity index is 3.04. The van der Waals surface area contributed by atoms with Gasteiger partial charge < -0.3 is 0 Å². The van der Waals surface area contributed by atoms with E-state index in [1.807, 2.05) is 6.07 Å². The first-order valence-corrected chi connectivity index (χ1v) is 7.33. The number of nitrogens with one attached hydrogen (secondary N) is 1. The Kier molecular flexibility index (Phi) is 4.59. The van der Waals surface area contributed by atoms with Crippen LogP contribution in [0.5, 0.6) is 0 Å². The van der Waals surface area contributed by atoms with Gasteiger partial charge in [-0.25, -0.2) is 8.42 Å². The highest BCUT2D eigenvalue weighted by atomic mass is 35.5. The van der Waals surface area contributed by atoms with Gasteiger partial charge in [-0.15, -0.1) is 11.3 Å². The lowest BCUT2D eigenvalue weighted by Crippen LogP contribution is -2.33. The maximum absolute atomic E-state index is 11.8. The zero-order valence-electron chi connectivity index (χ0n) is 8.20. The summed E-state index contributed by atoms with van der Waals surface area (Å²) in [5.41, 5.74) is 0. The third-order valence-corrected chi connectivity index (χ3v) is 5.00. The Morgan fingerprint density at radius 2 is 2.25 bits per heavy atom. The Bertz CT molecular complexity index is 519. The molecule has 0 aliphatic carbocycles. The van der Waals surface area contributed by atoms with Crippen molar-refractivity contribution in [3.05, 3.63) is 14.7 Å². The van der Waals surface area contributed by atoms with E-state index in [0.29, 0.717) is 6.42 Å². The summed E-state index contributed by atoms with van der Waals surface area (Å²) in [5.74, 6) is 0. The van der Waals surface area contributed by atoms with Crippen molar-refractivity contribution in [2.24, 2.45) is 0 Å². The standard InChI is InChI=1S/C8H8Cl2N2O2S2/c1-2-5(4-11)12-16(13,14)6-3-7(9)15-8(6)10/h3,5,12H,2H2,1H3. The first-order chi connectivity index (χ1) is 7.40. The smallest absolute Gasteiger partial charge is 0.207 e. The predicted molar refractivity (Wildman–Crippen MR) is 64.4 cm³/mol. The van der Waals surface area contributed by atoms with Crippen molar-refractivity contribution >= 4 is 44.6 Å². The summed E-state index contributed by atoms with van der Waals surface area (Å²) in [6, 6.07) is 2.34. The molecule has 1 atom stereocenters. The molecular weight excluding hydrogens is 291 g/mol. The zero-order chi connectivity index (χ0) is 12.3. The molecule has 1 rings (SSSR count). The molecule has 1 aromatic rings. The van der Waals surface area contributed by atoms with Crippen LogP contribution in [0.4, 0.5) is 0 Å². The Morgan fingerprint density at radius 3 is 2.62 bits per heavy atom. The van der Waals surface area contributed by atoms with Crippen LogP contribution in [0.25, 0.3) is 0 Å². The number of thiophene rings is 1. The minimum atomic E-state index is -3.77. The van der Waals surface area contributed by atoms with E-state index in [0.717, 1.165) is 11.3 Å². The van der Waals surface area contributed by atoms with Crippen LogP contribution < -0.4 is 4.72 Å². The largest absolute Gasteiger partial charge is 0.244 e. The van der Waals surface area contributed by atoms with Crippen LogP contribution in [0.15, 0.2) is 11.0 Å². The molecule has 88 valence electrons. The van der Waals surface area contributed by atoms with E-state index in [4.69, 9.17) is 28.5 Å². The van der Waals surface area contributed by atoms with Crippen molar-refractivity contribution in [2.75, 3.05) is 0 Å². The van der Waals surface area contributed by atoms with Gasteiger partial charge in [0.2, 0.25) is 10.0 Å². The van der Waals surface area contributed by atoms with Gasteiger partial charge >= 0.3 is 0 Å². The fraction of sp³-hybridized carbons (Fsp3) is 0.375. The zero-order valence-corrected chi connectivity index (χ0v) is 11.3. The van der Waals surface area contributed by atoms with E-state index in [-0.39, 0.29) is 13.6 Å². The van der Waals surface area contributed by atoms with Gasteiger partial charge in [0.15, 0.2) is 0 Å². The Labute approximate surface area is 108 Å². The van der Waals surface area contributed by atoms with Gasteiger partial charge in [0.05, 0.1) is 10.4 Å². The van der Waals surface area contributed by atoms with E-state index in [9.17, 15) is 8.42 Å². The molecule has 1 heterocycles. The third kappa shape index (κ3) is 3.09. The number of sulfonamides is 1. The van der Waals surface area contributed by atoms with Gasteiger partial charge in [0, 0.05) is 0 Å². The Morgan fingerprint density at radius 1 is 1.62 bits per heavy atom. The third-order valence-electron chi connectivity index (χ3n) is 1.78. The van der Waals surface area contributed by atoms with Crippen LogP contribution in [0.2, 0.25) is 8.67 Å². The second-order valence-corrected chi connectivity index (χ2v) is 6.87. The number of hydrogen-bond acceptors (Lipinski definition) is 4. The molecule has 1 unspecified atom stereocenters. The molecule has 0 aliphatic rings. The van der Waals surface area contributed by atoms with Crippen molar-refractivity contribution in [1.82, 2.24) is 4.72 Å². The maximum Gasteiger partial charge on any atom is 0.244 e. The molecule has 1 N–H and O–H groups in total. The van der Waals surface area contributed by atoms with E-state index in [1.165, 1.54) is 6.07 Å². The first-order valence-electron chi connectivity index (χ1n) is 4.27. The average Bonchev–Trinajstić information content (AvgIpc) is 2.55. The highest BCUT2D eigenvalue weighted by Crippen LogP contribution is 2.34. The molecule has 0 fully saturated rings. The molecular formula is C8H8Cl2N2O2S2. The highest BCUT2D eigenvalue weighted by Gasteiger charge is 2.23.